The van der Waals surface area contributed by atoms with E-state index in [9.17, 15) is 9.18 Å². The van der Waals surface area contributed by atoms with Crippen LogP contribution < -0.4 is 4.74 Å². The minimum atomic E-state index is -0.645. The monoisotopic (exact) mass is 193 g/mol. The predicted molar refractivity (Wildman–Crippen MR) is 47.3 cm³/mol. The molecule has 0 N–H and O–H groups in total. The van der Waals surface area contributed by atoms with Gasteiger partial charge >= 0.3 is 0 Å². The number of ether oxygens (including phenoxy) is 1. The van der Waals surface area contributed by atoms with Crippen LogP contribution in [-0.4, -0.2) is 12.4 Å². The van der Waals surface area contributed by atoms with Gasteiger partial charge in [0.2, 0.25) is 0 Å². The second-order valence-corrected chi connectivity index (χ2v) is 2.72. The van der Waals surface area contributed by atoms with Crippen molar-refractivity contribution >= 4 is 5.78 Å². The molecule has 0 aromatic heterocycles. The molecule has 1 rings (SSSR count). The topological polar surface area (TPSA) is 50.1 Å². The van der Waals surface area contributed by atoms with Crippen molar-refractivity contribution in [3.05, 3.63) is 29.6 Å². The molecule has 0 spiro atoms. The van der Waals surface area contributed by atoms with Crippen LogP contribution >= 0.6 is 0 Å². The van der Waals surface area contributed by atoms with E-state index in [0.29, 0.717) is 0 Å². The number of hydrogen-bond acceptors (Lipinski definition) is 3. The van der Waals surface area contributed by atoms with Crippen LogP contribution in [0.2, 0.25) is 0 Å². The number of halogens is 1. The lowest BCUT2D eigenvalue weighted by Gasteiger charge is -2.05. The van der Waals surface area contributed by atoms with E-state index in [1.807, 2.05) is 0 Å². The third kappa shape index (κ3) is 2.30. The molecule has 1 aromatic carbocycles. The molecule has 0 amide bonds. The Kier molecular flexibility index (Phi) is 3.19. The smallest absolute Gasteiger partial charge is 0.167 e. The fourth-order valence-electron chi connectivity index (χ4n) is 0.913. The van der Waals surface area contributed by atoms with E-state index in [4.69, 9.17) is 10.00 Å². The summed E-state index contributed by atoms with van der Waals surface area (Å²) in [6.07, 6.45) is 0. The van der Waals surface area contributed by atoms with Gasteiger partial charge < -0.3 is 4.74 Å². The van der Waals surface area contributed by atoms with Crippen molar-refractivity contribution < 1.29 is 13.9 Å². The highest BCUT2D eigenvalue weighted by Crippen LogP contribution is 2.19. The van der Waals surface area contributed by atoms with Gasteiger partial charge in [0.1, 0.15) is 29.8 Å². The van der Waals surface area contributed by atoms with Crippen LogP contribution in [0.1, 0.15) is 12.5 Å². The number of nitriles is 1. The molecule has 0 fully saturated rings. The molecule has 0 bridgehead atoms. The van der Waals surface area contributed by atoms with E-state index in [1.54, 1.807) is 6.07 Å². The summed E-state index contributed by atoms with van der Waals surface area (Å²) >= 11 is 0. The average Bonchev–Trinajstić information content (AvgIpc) is 2.14. The lowest BCUT2D eigenvalue weighted by atomic mass is 10.2. The maximum absolute atomic E-state index is 13.0. The highest BCUT2D eigenvalue weighted by atomic mass is 19.1. The average molecular weight is 193 g/mol. The van der Waals surface area contributed by atoms with Crippen LogP contribution in [-0.2, 0) is 4.79 Å². The molecule has 0 saturated heterocycles. The fraction of sp³-hybridized carbons (Fsp3) is 0.200. The molecule has 0 atom stereocenters. The predicted octanol–water partition coefficient (Wildman–Crippen LogP) is 1.67. The molecule has 0 aliphatic heterocycles. The van der Waals surface area contributed by atoms with Crippen molar-refractivity contribution in [2.75, 3.05) is 6.61 Å². The molecule has 0 radical (unpaired) electrons. The zero-order chi connectivity index (χ0) is 10.6. The molecule has 0 unspecified atom stereocenters. The van der Waals surface area contributed by atoms with Crippen molar-refractivity contribution in [3.63, 3.8) is 0 Å². The first-order chi connectivity index (χ1) is 6.65. The number of nitrogens with zero attached hydrogens (tertiary/aromatic N) is 1. The van der Waals surface area contributed by atoms with Crippen molar-refractivity contribution in [3.8, 4) is 11.8 Å². The van der Waals surface area contributed by atoms with Crippen LogP contribution in [0, 0.1) is 17.1 Å². The van der Waals surface area contributed by atoms with Gasteiger partial charge in [-0.1, -0.05) is 6.07 Å². The van der Waals surface area contributed by atoms with Gasteiger partial charge in [-0.3, -0.25) is 4.79 Å². The lowest BCUT2D eigenvalue weighted by Crippen LogP contribution is -2.07. The van der Waals surface area contributed by atoms with Gasteiger partial charge in [-0.15, -0.1) is 0 Å². The van der Waals surface area contributed by atoms with Gasteiger partial charge in [0.05, 0.1) is 0 Å². The van der Waals surface area contributed by atoms with Crippen molar-refractivity contribution in [2.45, 2.75) is 6.92 Å². The van der Waals surface area contributed by atoms with Gasteiger partial charge in [-0.25, -0.2) is 4.39 Å². The normalized spacial score (nSPS) is 9.21. The molecule has 14 heavy (non-hydrogen) atoms. The number of hydrogen-bond donors (Lipinski definition) is 0. The zero-order valence-electron chi connectivity index (χ0n) is 7.58. The third-order valence-corrected chi connectivity index (χ3v) is 1.52. The molecular formula is C10H8FNO2. The molecule has 0 saturated carbocycles. The Morgan fingerprint density at radius 3 is 2.93 bits per heavy atom. The maximum Gasteiger partial charge on any atom is 0.167 e. The summed E-state index contributed by atoms with van der Waals surface area (Å²) in [5.41, 5.74) is -0.172. The quantitative estimate of drug-likeness (QED) is 0.733. The van der Waals surface area contributed by atoms with Gasteiger partial charge in [-0.05, 0) is 19.1 Å². The summed E-state index contributed by atoms with van der Waals surface area (Å²) in [7, 11) is 0. The van der Waals surface area contributed by atoms with E-state index >= 15 is 0 Å². The Morgan fingerprint density at radius 1 is 1.64 bits per heavy atom. The number of carbonyl (C=O) groups is 1. The van der Waals surface area contributed by atoms with Crippen LogP contribution in [0.15, 0.2) is 18.2 Å². The maximum atomic E-state index is 13.0. The van der Waals surface area contributed by atoms with Gasteiger partial charge in [-0.2, -0.15) is 5.26 Å². The lowest BCUT2D eigenvalue weighted by molar-refractivity contribution is -0.118. The standard InChI is InChI=1S/C10H8FNO2/c1-7(13)6-14-10-4-2-3-9(11)8(10)5-12/h2-4H,6H2,1H3. The Morgan fingerprint density at radius 2 is 2.36 bits per heavy atom. The number of benzene rings is 1. The number of rotatable bonds is 3. The summed E-state index contributed by atoms with van der Waals surface area (Å²) in [5, 5.41) is 8.61. The minimum absolute atomic E-state index is 0.0997. The second kappa shape index (κ2) is 4.38. The molecule has 0 aliphatic rings. The third-order valence-electron chi connectivity index (χ3n) is 1.52. The van der Waals surface area contributed by atoms with Gasteiger partial charge in [0, 0.05) is 0 Å². The summed E-state index contributed by atoms with van der Waals surface area (Å²) in [6.45, 7) is 1.20. The Hall–Kier alpha value is -1.89. The zero-order valence-corrected chi connectivity index (χ0v) is 7.58. The van der Waals surface area contributed by atoms with E-state index in [1.165, 1.54) is 25.1 Å². The molecule has 0 aliphatic carbocycles. The number of ketones is 1. The molecule has 72 valence electrons. The SMILES string of the molecule is CC(=O)COc1cccc(F)c1C#N. The summed E-state index contributed by atoms with van der Waals surface area (Å²) in [6, 6.07) is 5.71. The molecular weight excluding hydrogens is 185 g/mol. The molecule has 3 nitrogen and oxygen atoms in total. The summed E-state index contributed by atoms with van der Waals surface area (Å²) in [4.78, 5) is 10.6. The van der Waals surface area contributed by atoms with Crippen molar-refractivity contribution in [1.82, 2.24) is 0 Å². The molecule has 0 heterocycles. The van der Waals surface area contributed by atoms with Crippen LogP contribution in [0.25, 0.3) is 0 Å². The van der Waals surface area contributed by atoms with Gasteiger partial charge in [0.15, 0.2) is 5.78 Å². The Balaban J connectivity index is 2.92. The van der Waals surface area contributed by atoms with E-state index in [-0.39, 0.29) is 23.7 Å². The summed E-state index contributed by atoms with van der Waals surface area (Å²) < 4.78 is 17.9. The van der Waals surface area contributed by atoms with Crippen LogP contribution in [0.5, 0.6) is 5.75 Å². The number of carbonyl (C=O) groups excluding carboxylic acids is 1. The number of Topliss-reactive ketones (excluding diaryl/α,β-unsaturated/α-hetero) is 1. The highest BCUT2D eigenvalue weighted by molar-refractivity contribution is 5.77. The molecule has 1 aromatic rings. The van der Waals surface area contributed by atoms with E-state index in [2.05, 4.69) is 0 Å². The second-order valence-electron chi connectivity index (χ2n) is 2.72. The summed E-state index contributed by atoms with van der Waals surface area (Å²) in [5.74, 6) is -0.727. The minimum Gasteiger partial charge on any atom is -0.484 e. The fourth-order valence-corrected chi connectivity index (χ4v) is 0.913. The van der Waals surface area contributed by atoms with Crippen molar-refractivity contribution in [1.29, 1.82) is 5.26 Å². The Labute approximate surface area is 80.7 Å². The first kappa shape index (κ1) is 10.2. The van der Waals surface area contributed by atoms with Crippen molar-refractivity contribution in [2.24, 2.45) is 0 Å². The van der Waals surface area contributed by atoms with Gasteiger partial charge in [0.25, 0.3) is 0 Å². The van der Waals surface area contributed by atoms with E-state index in [0.717, 1.165) is 0 Å². The highest BCUT2D eigenvalue weighted by Gasteiger charge is 2.08. The largest absolute Gasteiger partial charge is 0.484 e. The van der Waals surface area contributed by atoms with Crippen LogP contribution in [0.3, 0.4) is 0 Å². The van der Waals surface area contributed by atoms with E-state index < -0.39 is 5.82 Å². The van der Waals surface area contributed by atoms with Crippen LogP contribution in [0.4, 0.5) is 4.39 Å². The first-order valence-corrected chi connectivity index (χ1v) is 3.96. The molecule has 4 heteroatoms. The first-order valence-electron chi connectivity index (χ1n) is 3.96. The Bertz CT molecular complexity index is 396.